The molecule has 0 heterocycles. The summed E-state index contributed by atoms with van der Waals surface area (Å²) < 4.78 is 0. The molecule has 1 unspecified atom stereocenters. The zero-order chi connectivity index (χ0) is 13.1. The van der Waals surface area contributed by atoms with Gasteiger partial charge in [-0.2, -0.15) is 0 Å². The largest absolute Gasteiger partial charge is 0.379 e. The number of rotatable bonds is 3. The molecule has 0 aromatic heterocycles. The topological polar surface area (TPSA) is 12.0 Å². The normalized spacial score (nSPS) is 12.2. The van der Waals surface area contributed by atoms with Crippen LogP contribution in [0.5, 0.6) is 0 Å². The maximum Gasteiger partial charge on any atom is 0.0486 e. The first-order valence-electron chi connectivity index (χ1n) is 6.15. The average Bonchev–Trinajstić information content (AvgIpc) is 2.34. The second kappa shape index (κ2) is 5.45. The van der Waals surface area contributed by atoms with Crippen molar-refractivity contribution in [2.75, 3.05) is 5.32 Å². The van der Waals surface area contributed by atoms with Gasteiger partial charge in [-0.05, 0) is 61.7 Å². The molecule has 0 bridgehead atoms. The lowest BCUT2D eigenvalue weighted by atomic mass is 10.1. The Kier molecular flexibility index (Phi) is 3.93. The van der Waals surface area contributed by atoms with Crippen LogP contribution >= 0.6 is 11.6 Å². The van der Waals surface area contributed by atoms with E-state index in [0.717, 1.165) is 10.7 Å². The number of anilines is 1. The number of nitrogens with one attached hydrogen (secondary N) is 1. The van der Waals surface area contributed by atoms with Gasteiger partial charge in [0.25, 0.3) is 0 Å². The molecular weight excluding hydrogens is 242 g/mol. The Morgan fingerprint density at radius 2 is 1.78 bits per heavy atom. The van der Waals surface area contributed by atoms with Crippen LogP contribution in [0.15, 0.2) is 42.5 Å². The first kappa shape index (κ1) is 13.0. The number of hydrogen-bond acceptors (Lipinski definition) is 1. The van der Waals surface area contributed by atoms with Crippen molar-refractivity contribution in [3.63, 3.8) is 0 Å². The van der Waals surface area contributed by atoms with E-state index in [1.165, 1.54) is 16.7 Å². The third kappa shape index (κ3) is 3.05. The van der Waals surface area contributed by atoms with Crippen molar-refractivity contribution in [3.8, 4) is 0 Å². The maximum absolute atomic E-state index is 6.01. The molecule has 2 aromatic carbocycles. The summed E-state index contributed by atoms with van der Waals surface area (Å²) >= 11 is 6.01. The van der Waals surface area contributed by atoms with E-state index in [4.69, 9.17) is 11.6 Å². The Bertz CT molecular complexity index is 549. The number of hydrogen-bond donors (Lipinski definition) is 1. The van der Waals surface area contributed by atoms with Crippen molar-refractivity contribution in [1.82, 2.24) is 0 Å². The zero-order valence-corrected chi connectivity index (χ0v) is 11.8. The van der Waals surface area contributed by atoms with Gasteiger partial charge in [0.1, 0.15) is 0 Å². The Labute approximate surface area is 114 Å². The third-order valence-electron chi connectivity index (χ3n) is 3.24. The van der Waals surface area contributed by atoms with Gasteiger partial charge < -0.3 is 5.32 Å². The summed E-state index contributed by atoms with van der Waals surface area (Å²) in [7, 11) is 0. The monoisotopic (exact) mass is 259 g/mol. The van der Waals surface area contributed by atoms with E-state index in [2.05, 4.69) is 50.4 Å². The minimum atomic E-state index is 0.241. The van der Waals surface area contributed by atoms with Crippen molar-refractivity contribution >= 4 is 17.3 Å². The molecule has 0 aliphatic carbocycles. The average molecular weight is 260 g/mol. The summed E-state index contributed by atoms with van der Waals surface area (Å²) in [6.45, 7) is 6.39. The Morgan fingerprint density at radius 3 is 2.44 bits per heavy atom. The fourth-order valence-corrected chi connectivity index (χ4v) is 2.14. The number of aryl methyl sites for hydroxylation is 2. The SMILES string of the molecule is Cc1ccc(NC(C)c2cccc(Cl)c2)cc1C. The molecule has 1 nitrogen and oxygen atoms in total. The van der Waals surface area contributed by atoms with Gasteiger partial charge in [-0.25, -0.2) is 0 Å². The number of halogens is 1. The molecular formula is C16H18ClN. The summed E-state index contributed by atoms with van der Waals surface area (Å²) in [5, 5.41) is 4.27. The van der Waals surface area contributed by atoms with Crippen LogP contribution in [0.2, 0.25) is 5.02 Å². The second-order valence-corrected chi connectivity index (χ2v) is 5.16. The fraction of sp³-hybridized carbons (Fsp3) is 0.250. The van der Waals surface area contributed by atoms with Crippen LogP contribution in [0.4, 0.5) is 5.69 Å². The van der Waals surface area contributed by atoms with Gasteiger partial charge >= 0.3 is 0 Å². The second-order valence-electron chi connectivity index (χ2n) is 4.72. The summed E-state index contributed by atoms with van der Waals surface area (Å²) in [5.41, 5.74) is 4.96. The van der Waals surface area contributed by atoms with Gasteiger partial charge in [-0.3, -0.25) is 0 Å². The Hall–Kier alpha value is -1.47. The minimum absolute atomic E-state index is 0.241. The molecule has 2 aromatic rings. The molecule has 2 heteroatoms. The molecule has 0 saturated carbocycles. The van der Waals surface area contributed by atoms with Crippen LogP contribution in [-0.2, 0) is 0 Å². The van der Waals surface area contributed by atoms with Crippen LogP contribution in [0.1, 0.15) is 29.7 Å². The maximum atomic E-state index is 6.01. The van der Waals surface area contributed by atoms with Crippen LogP contribution in [-0.4, -0.2) is 0 Å². The van der Waals surface area contributed by atoms with Gasteiger partial charge in [0.2, 0.25) is 0 Å². The van der Waals surface area contributed by atoms with Crippen molar-refractivity contribution in [3.05, 3.63) is 64.2 Å². The molecule has 0 aliphatic heterocycles. The smallest absolute Gasteiger partial charge is 0.0486 e. The van der Waals surface area contributed by atoms with E-state index in [1.807, 2.05) is 18.2 Å². The summed E-state index contributed by atoms with van der Waals surface area (Å²) in [6, 6.07) is 14.6. The van der Waals surface area contributed by atoms with Crippen molar-refractivity contribution in [1.29, 1.82) is 0 Å². The number of benzene rings is 2. The Balaban J connectivity index is 2.16. The lowest BCUT2D eigenvalue weighted by Gasteiger charge is -2.17. The quantitative estimate of drug-likeness (QED) is 0.806. The molecule has 94 valence electrons. The summed E-state index contributed by atoms with van der Waals surface area (Å²) in [4.78, 5) is 0. The van der Waals surface area contributed by atoms with E-state index < -0.39 is 0 Å². The van der Waals surface area contributed by atoms with E-state index >= 15 is 0 Å². The van der Waals surface area contributed by atoms with Gasteiger partial charge in [-0.15, -0.1) is 0 Å². The molecule has 1 atom stereocenters. The molecule has 2 rings (SSSR count). The van der Waals surface area contributed by atoms with Gasteiger partial charge in [-0.1, -0.05) is 29.8 Å². The highest BCUT2D eigenvalue weighted by atomic mass is 35.5. The van der Waals surface area contributed by atoms with E-state index in [-0.39, 0.29) is 6.04 Å². The van der Waals surface area contributed by atoms with Crippen LogP contribution in [0.3, 0.4) is 0 Å². The highest BCUT2D eigenvalue weighted by Gasteiger charge is 2.06. The van der Waals surface area contributed by atoms with E-state index in [1.54, 1.807) is 0 Å². The fourth-order valence-electron chi connectivity index (χ4n) is 1.94. The van der Waals surface area contributed by atoms with E-state index in [9.17, 15) is 0 Å². The molecule has 0 saturated heterocycles. The molecule has 0 radical (unpaired) electrons. The molecule has 0 aliphatic rings. The summed E-state index contributed by atoms with van der Waals surface area (Å²) in [6.07, 6.45) is 0. The van der Waals surface area contributed by atoms with Crippen molar-refractivity contribution < 1.29 is 0 Å². The van der Waals surface area contributed by atoms with Crippen molar-refractivity contribution in [2.24, 2.45) is 0 Å². The standard InChI is InChI=1S/C16H18ClN/c1-11-7-8-16(9-12(11)2)18-13(3)14-5-4-6-15(17)10-14/h4-10,13,18H,1-3H3. The predicted octanol–water partition coefficient (Wildman–Crippen LogP) is 5.13. The molecule has 0 fully saturated rings. The van der Waals surface area contributed by atoms with E-state index in [0.29, 0.717) is 0 Å². The van der Waals surface area contributed by atoms with Crippen LogP contribution in [0, 0.1) is 13.8 Å². The predicted molar refractivity (Wildman–Crippen MR) is 79.4 cm³/mol. The molecule has 18 heavy (non-hydrogen) atoms. The first-order valence-corrected chi connectivity index (χ1v) is 6.53. The highest BCUT2D eigenvalue weighted by Crippen LogP contribution is 2.23. The Morgan fingerprint density at radius 1 is 1.00 bits per heavy atom. The summed E-state index contributed by atoms with van der Waals surface area (Å²) in [5.74, 6) is 0. The molecule has 1 N–H and O–H groups in total. The molecule has 0 amide bonds. The highest BCUT2D eigenvalue weighted by molar-refractivity contribution is 6.30. The molecule has 0 spiro atoms. The third-order valence-corrected chi connectivity index (χ3v) is 3.47. The van der Waals surface area contributed by atoms with Crippen LogP contribution < -0.4 is 5.32 Å². The van der Waals surface area contributed by atoms with Gasteiger partial charge in [0.05, 0.1) is 0 Å². The first-order chi connectivity index (χ1) is 8.56. The zero-order valence-electron chi connectivity index (χ0n) is 11.0. The lowest BCUT2D eigenvalue weighted by Crippen LogP contribution is -2.06. The lowest BCUT2D eigenvalue weighted by molar-refractivity contribution is 0.884. The van der Waals surface area contributed by atoms with Crippen LogP contribution in [0.25, 0.3) is 0 Å². The van der Waals surface area contributed by atoms with Gasteiger partial charge in [0, 0.05) is 16.8 Å². The minimum Gasteiger partial charge on any atom is -0.379 e. The van der Waals surface area contributed by atoms with Crippen molar-refractivity contribution in [2.45, 2.75) is 26.8 Å². The van der Waals surface area contributed by atoms with Gasteiger partial charge in [0.15, 0.2) is 0 Å².